The maximum Gasteiger partial charge on any atom is 0.254 e. The van der Waals surface area contributed by atoms with E-state index in [1.807, 2.05) is 28.2 Å². The topological polar surface area (TPSA) is 65.1 Å². The third kappa shape index (κ3) is 3.83. The van der Waals surface area contributed by atoms with E-state index in [1.54, 1.807) is 43.8 Å². The molecule has 0 fully saturated rings. The minimum atomic E-state index is -0.118. The van der Waals surface area contributed by atoms with Crippen molar-refractivity contribution in [1.29, 1.82) is 0 Å². The van der Waals surface area contributed by atoms with Crippen molar-refractivity contribution in [3.8, 4) is 0 Å². The number of ketones is 2. The lowest BCUT2D eigenvalue weighted by Crippen LogP contribution is -3.00. The first kappa shape index (κ1) is 22.7. The minimum Gasteiger partial charge on any atom is -1.00 e. The van der Waals surface area contributed by atoms with Gasteiger partial charge in [-0.2, -0.15) is 0 Å². The molecule has 0 atom stereocenters. The third-order valence-corrected chi connectivity index (χ3v) is 5.00. The van der Waals surface area contributed by atoms with E-state index in [0.717, 1.165) is 11.4 Å². The van der Waals surface area contributed by atoms with Crippen molar-refractivity contribution in [3.05, 3.63) is 82.7 Å². The normalized spacial score (nSPS) is 11.9. The molecule has 4 rings (SSSR count). The Morgan fingerprint density at radius 3 is 2.28 bits per heavy atom. The van der Waals surface area contributed by atoms with Crippen molar-refractivity contribution in [1.82, 2.24) is 9.55 Å². The predicted octanol–water partition coefficient (Wildman–Crippen LogP) is -0.625. The van der Waals surface area contributed by atoms with Gasteiger partial charge in [0.15, 0.2) is 0 Å². The van der Waals surface area contributed by atoms with Crippen LogP contribution in [0.2, 0.25) is 0 Å². The number of rotatable bonds is 5. The number of hydrogen-bond acceptors (Lipinski definition) is 4. The zero-order valence-electron chi connectivity index (χ0n) is 16.1. The summed E-state index contributed by atoms with van der Waals surface area (Å²) in [4.78, 5) is 30.5. The monoisotopic (exact) mass is 433 g/mol. The molecule has 0 radical (unpaired) electrons. The van der Waals surface area contributed by atoms with E-state index in [4.69, 9.17) is 4.74 Å². The maximum atomic E-state index is 13.3. The van der Waals surface area contributed by atoms with Crippen LogP contribution in [0.1, 0.15) is 43.5 Å². The fourth-order valence-corrected chi connectivity index (χ4v) is 3.64. The third-order valence-electron chi connectivity index (χ3n) is 5.00. The Labute approximate surface area is 181 Å². The SMILES string of the molecule is COCCn1c2c([n+](Cc3ccncc3)c1C)C(=O)c1ccccc1C2=O.Cl.[Cl-]. The summed E-state index contributed by atoms with van der Waals surface area (Å²) in [7, 11) is 1.62. The van der Waals surface area contributed by atoms with Crippen LogP contribution in [0.4, 0.5) is 0 Å². The van der Waals surface area contributed by atoms with Crippen LogP contribution in [0.3, 0.4) is 0 Å². The van der Waals surface area contributed by atoms with Gasteiger partial charge >= 0.3 is 0 Å². The molecular formula is C21H21Cl2N3O3. The molecule has 0 amide bonds. The van der Waals surface area contributed by atoms with Crippen LogP contribution >= 0.6 is 12.4 Å². The summed E-state index contributed by atoms with van der Waals surface area (Å²) in [5.74, 6) is 0.616. The number of aromatic nitrogens is 3. The number of benzene rings is 1. The highest BCUT2D eigenvalue weighted by Crippen LogP contribution is 2.27. The van der Waals surface area contributed by atoms with Crippen molar-refractivity contribution in [2.24, 2.45) is 0 Å². The maximum absolute atomic E-state index is 13.3. The Kier molecular flexibility index (Phi) is 7.30. The number of carbonyl (C=O) groups is 2. The molecule has 3 aromatic rings. The number of imidazole rings is 1. The van der Waals surface area contributed by atoms with Gasteiger partial charge in [-0.1, -0.05) is 24.3 Å². The van der Waals surface area contributed by atoms with Gasteiger partial charge in [-0.05, 0) is 17.7 Å². The van der Waals surface area contributed by atoms with Crippen LogP contribution in [0, 0.1) is 6.92 Å². The highest BCUT2D eigenvalue weighted by atomic mass is 35.5. The number of hydrogen-bond donors (Lipinski definition) is 0. The van der Waals surface area contributed by atoms with Gasteiger partial charge in [0.2, 0.25) is 23.0 Å². The van der Waals surface area contributed by atoms with Crippen LogP contribution in [0.15, 0.2) is 48.8 Å². The van der Waals surface area contributed by atoms with Crippen LogP contribution in [0.25, 0.3) is 0 Å². The molecule has 0 bridgehead atoms. The number of nitrogens with zero attached hydrogens (tertiary/aromatic N) is 3. The number of fused-ring (bicyclic) bond motifs is 2. The van der Waals surface area contributed by atoms with Gasteiger partial charge < -0.3 is 17.1 Å². The first-order valence-electron chi connectivity index (χ1n) is 8.82. The van der Waals surface area contributed by atoms with Gasteiger partial charge in [0.25, 0.3) is 5.82 Å². The number of methoxy groups -OCH3 is 1. The largest absolute Gasteiger partial charge is 1.00 e. The molecule has 2 aromatic heterocycles. The summed E-state index contributed by atoms with van der Waals surface area (Å²) in [6.45, 7) is 3.40. The van der Waals surface area contributed by atoms with Crippen molar-refractivity contribution < 1.29 is 31.3 Å². The number of carbonyl (C=O) groups excluding carboxylic acids is 2. The van der Waals surface area contributed by atoms with Crippen LogP contribution in [0.5, 0.6) is 0 Å². The number of halogens is 2. The van der Waals surface area contributed by atoms with Crippen molar-refractivity contribution in [3.63, 3.8) is 0 Å². The molecule has 152 valence electrons. The van der Waals surface area contributed by atoms with Gasteiger partial charge in [0.1, 0.15) is 13.1 Å². The molecule has 0 spiro atoms. The average Bonchev–Trinajstić information content (AvgIpc) is 2.97. The van der Waals surface area contributed by atoms with Gasteiger partial charge in [-0.25, -0.2) is 9.13 Å². The molecule has 8 heteroatoms. The fourth-order valence-electron chi connectivity index (χ4n) is 3.64. The van der Waals surface area contributed by atoms with E-state index >= 15 is 0 Å². The number of ether oxygens (including phenoxy) is 1. The summed E-state index contributed by atoms with van der Waals surface area (Å²) in [6.07, 6.45) is 3.45. The zero-order valence-corrected chi connectivity index (χ0v) is 17.7. The molecule has 0 N–H and O–H groups in total. The highest BCUT2D eigenvalue weighted by molar-refractivity contribution is 6.26. The Hall–Kier alpha value is -2.54. The molecule has 1 aromatic carbocycles. The van der Waals surface area contributed by atoms with Crippen LogP contribution < -0.4 is 17.0 Å². The van der Waals surface area contributed by atoms with E-state index < -0.39 is 0 Å². The van der Waals surface area contributed by atoms with Crippen molar-refractivity contribution in [2.45, 2.75) is 20.0 Å². The Bertz CT molecular complexity index is 1050. The second-order valence-corrected chi connectivity index (χ2v) is 6.53. The zero-order chi connectivity index (χ0) is 19.0. The Morgan fingerprint density at radius 1 is 1.03 bits per heavy atom. The summed E-state index contributed by atoms with van der Waals surface area (Å²) < 4.78 is 9.04. The summed E-state index contributed by atoms with van der Waals surface area (Å²) in [6, 6.07) is 10.8. The summed E-state index contributed by atoms with van der Waals surface area (Å²) in [5.41, 5.74) is 2.83. The molecule has 0 aliphatic heterocycles. The molecule has 0 saturated carbocycles. The van der Waals surface area contributed by atoms with Gasteiger partial charge in [-0.15, -0.1) is 12.4 Å². The molecule has 1 aliphatic rings. The predicted molar refractivity (Wildman–Crippen MR) is 105 cm³/mol. The van der Waals surface area contributed by atoms with Gasteiger partial charge in [0.05, 0.1) is 6.61 Å². The van der Waals surface area contributed by atoms with Crippen molar-refractivity contribution >= 4 is 24.0 Å². The summed E-state index contributed by atoms with van der Waals surface area (Å²) in [5, 5.41) is 0. The van der Waals surface area contributed by atoms with Crippen LogP contribution in [-0.4, -0.2) is 34.8 Å². The lowest BCUT2D eigenvalue weighted by molar-refractivity contribution is -0.695. The first-order chi connectivity index (χ1) is 13.1. The van der Waals surface area contributed by atoms with E-state index in [-0.39, 0.29) is 36.4 Å². The molecule has 29 heavy (non-hydrogen) atoms. The van der Waals surface area contributed by atoms with E-state index in [0.29, 0.717) is 42.2 Å². The molecule has 2 heterocycles. The van der Waals surface area contributed by atoms with Gasteiger partial charge in [-0.3, -0.25) is 14.6 Å². The number of pyridine rings is 1. The van der Waals surface area contributed by atoms with Crippen molar-refractivity contribution in [2.75, 3.05) is 13.7 Å². The molecule has 6 nitrogen and oxygen atoms in total. The lowest BCUT2D eigenvalue weighted by atomic mass is 9.90. The van der Waals surface area contributed by atoms with E-state index in [2.05, 4.69) is 4.98 Å². The molecule has 0 saturated heterocycles. The van der Waals surface area contributed by atoms with Gasteiger partial charge in [0, 0.05) is 37.6 Å². The molecular weight excluding hydrogens is 413 g/mol. The fraction of sp³-hybridized carbons (Fsp3) is 0.238. The van der Waals surface area contributed by atoms with E-state index in [1.165, 1.54) is 0 Å². The summed E-state index contributed by atoms with van der Waals surface area (Å²) >= 11 is 0. The average molecular weight is 434 g/mol. The molecule has 0 unspecified atom stereocenters. The first-order valence-corrected chi connectivity index (χ1v) is 8.82. The molecule has 1 aliphatic carbocycles. The lowest BCUT2D eigenvalue weighted by Gasteiger charge is -2.13. The van der Waals surface area contributed by atoms with Crippen LogP contribution in [-0.2, 0) is 17.8 Å². The second kappa shape index (κ2) is 9.31. The smallest absolute Gasteiger partial charge is 0.254 e. The van der Waals surface area contributed by atoms with E-state index in [9.17, 15) is 9.59 Å². The standard InChI is InChI=1S/C21H20N3O3.2ClH/c1-14-23(11-12-27-2)18-19(24(14)13-15-7-9-22-10-8-15)21(26)17-6-4-3-5-16(17)20(18)25;;/h3-10H,11-13H2,1-2H3;2*1H/q+1;;/p-1. The minimum absolute atomic E-state index is 0. The highest BCUT2D eigenvalue weighted by Gasteiger charge is 2.42. The Balaban J connectivity index is 0.00000150. The quantitative estimate of drug-likeness (QED) is 0.393. The second-order valence-electron chi connectivity index (χ2n) is 6.53. The Morgan fingerprint density at radius 2 is 1.66 bits per heavy atom.